The maximum Gasteiger partial charge on any atom is 0.250 e. The minimum Gasteiger partial charge on any atom is -0.324 e. The predicted octanol–water partition coefficient (Wildman–Crippen LogP) is 3.42. The fraction of sp³-hybridized carbons (Fsp3) is 0.318. The number of imide groups is 1. The first-order chi connectivity index (χ1) is 14.5. The van der Waals surface area contributed by atoms with Gasteiger partial charge in [0, 0.05) is 22.3 Å². The zero-order chi connectivity index (χ0) is 20.8. The van der Waals surface area contributed by atoms with Crippen molar-refractivity contribution in [1.29, 1.82) is 0 Å². The molecule has 4 unspecified atom stereocenters. The number of hydrogen-bond acceptors (Lipinski definition) is 4. The standard InChI is InChI=1S/C22H17Cl2N3O3/c23-11-7-8-13(24)16(10-11)27-19(28)17-15-6-3-9-26(15)22(18(17)20(27)29)12-4-1-2-5-14(12)25-21(22)30/h1-2,4-5,7-8,10,15,17-18H,3,6,9H2,(H,25,30). The zero-order valence-corrected chi connectivity index (χ0v) is 17.3. The van der Waals surface area contributed by atoms with Crippen molar-refractivity contribution < 1.29 is 14.4 Å². The van der Waals surface area contributed by atoms with Gasteiger partial charge in [-0.25, -0.2) is 4.90 Å². The largest absolute Gasteiger partial charge is 0.324 e. The second-order valence-corrected chi connectivity index (χ2v) is 9.12. The molecular formula is C22H17Cl2N3O3. The molecule has 4 atom stereocenters. The average molecular weight is 442 g/mol. The molecule has 6 rings (SSSR count). The Morgan fingerprint density at radius 1 is 1.03 bits per heavy atom. The molecule has 152 valence electrons. The first kappa shape index (κ1) is 18.4. The first-order valence-electron chi connectivity index (χ1n) is 9.97. The minimum atomic E-state index is -1.17. The molecule has 3 saturated heterocycles. The lowest BCUT2D eigenvalue weighted by atomic mass is 9.75. The molecule has 4 heterocycles. The molecular weight excluding hydrogens is 425 g/mol. The minimum absolute atomic E-state index is 0.161. The van der Waals surface area contributed by atoms with Crippen molar-refractivity contribution in [2.75, 3.05) is 16.8 Å². The molecule has 6 nitrogen and oxygen atoms in total. The van der Waals surface area contributed by atoms with Gasteiger partial charge in [-0.1, -0.05) is 41.4 Å². The number of amides is 3. The monoisotopic (exact) mass is 441 g/mol. The van der Waals surface area contributed by atoms with Crippen LogP contribution in [0.5, 0.6) is 0 Å². The lowest BCUT2D eigenvalue weighted by Gasteiger charge is -2.36. The summed E-state index contributed by atoms with van der Waals surface area (Å²) in [6.07, 6.45) is 1.65. The quantitative estimate of drug-likeness (QED) is 0.688. The highest BCUT2D eigenvalue weighted by Gasteiger charge is 2.74. The van der Waals surface area contributed by atoms with Crippen LogP contribution in [0.15, 0.2) is 42.5 Å². The number of nitrogens with one attached hydrogen (secondary N) is 1. The van der Waals surface area contributed by atoms with E-state index in [4.69, 9.17) is 23.2 Å². The molecule has 8 heteroatoms. The lowest BCUT2D eigenvalue weighted by Crippen LogP contribution is -2.54. The van der Waals surface area contributed by atoms with Gasteiger partial charge in [0.05, 0.1) is 22.5 Å². The average Bonchev–Trinajstić information content (AvgIpc) is 3.42. The highest BCUT2D eigenvalue weighted by atomic mass is 35.5. The molecule has 3 fully saturated rings. The van der Waals surface area contributed by atoms with Crippen LogP contribution in [0.25, 0.3) is 0 Å². The summed E-state index contributed by atoms with van der Waals surface area (Å²) in [5, 5.41) is 3.61. The van der Waals surface area contributed by atoms with Crippen molar-refractivity contribution in [3.63, 3.8) is 0 Å². The van der Waals surface area contributed by atoms with Crippen LogP contribution in [0.3, 0.4) is 0 Å². The lowest BCUT2D eigenvalue weighted by molar-refractivity contribution is -0.135. The first-order valence-corrected chi connectivity index (χ1v) is 10.7. The van der Waals surface area contributed by atoms with Gasteiger partial charge in [0.2, 0.25) is 17.7 Å². The maximum absolute atomic E-state index is 13.8. The molecule has 1 spiro atoms. The molecule has 2 aromatic rings. The third kappa shape index (κ3) is 2.02. The van der Waals surface area contributed by atoms with E-state index in [0.29, 0.717) is 17.3 Å². The highest BCUT2D eigenvalue weighted by Crippen LogP contribution is 2.60. The smallest absolute Gasteiger partial charge is 0.250 e. The van der Waals surface area contributed by atoms with E-state index in [-0.39, 0.29) is 28.6 Å². The number of benzene rings is 2. The fourth-order valence-electron chi connectivity index (χ4n) is 6.05. The summed E-state index contributed by atoms with van der Waals surface area (Å²) in [5.74, 6) is -2.32. The van der Waals surface area contributed by atoms with Crippen LogP contribution in [-0.4, -0.2) is 35.2 Å². The normalized spacial score (nSPS) is 32.0. The van der Waals surface area contributed by atoms with Gasteiger partial charge < -0.3 is 5.32 Å². The molecule has 3 amide bonds. The van der Waals surface area contributed by atoms with E-state index < -0.39 is 23.3 Å². The Hall–Kier alpha value is -2.41. The summed E-state index contributed by atoms with van der Waals surface area (Å²) in [6, 6.07) is 12.0. The topological polar surface area (TPSA) is 69.7 Å². The summed E-state index contributed by atoms with van der Waals surface area (Å²) in [7, 11) is 0. The van der Waals surface area contributed by atoms with Crippen LogP contribution >= 0.6 is 23.2 Å². The molecule has 4 aliphatic rings. The number of halogens is 2. The van der Waals surface area contributed by atoms with Crippen LogP contribution in [-0.2, 0) is 19.9 Å². The Morgan fingerprint density at radius 2 is 1.83 bits per heavy atom. The Balaban J connectivity index is 1.57. The second kappa shape index (κ2) is 6.06. The van der Waals surface area contributed by atoms with E-state index in [1.807, 2.05) is 24.3 Å². The number of para-hydroxylation sites is 1. The maximum atomic E-state index is 13.8. The zero-order valence-electron chi connectivity index (χ0n) is 15.8. The van der Waals surface area contributed by atoms with Gasteiger partial charge in [0.1, 0.15) is 5.54 Å². The second-order valence-electron chi connectivity index (χ2n) is 8.28. The summed E-state index contributed by atoms with van der Waals surface area (Å²) in [5.41, 5.74) is 0.581. The van der Waals surface area contributed by atoms with Gasteiger partial charge in [-0.2, -0.15) is 0 Å². The fourth-order valence-corrected chi connectivity index (χ4v) is 6.42. The van der Waals surface area contributed by atoms with E-state index >= 15 is 0 Å². The van der Waals surface area contributed by atoms with E-state index in [1.54, 1.807) is 12.1 Å². The SMILES string of the molecule is O=C1C2C3CCCN3C3(C(=O)Nc4ccccc43)C2C(=O)N1c1cc(Cl)ccc1Cl. The third-order valence-corrected chi connectivity index (χ3v) is 7.60. The number of fused-ring (bicyclic) bond motifs is 7. The predicted molar refractivity (Wildman–Crippen MR) is 112 cm³/mol. The Morgan fingerprint density at radius 3 is 2.67 bits per heavy atom. The van der Waals surface area contributed by atoms with Gasteiger partial charge in [-0.3, -0.25) is 19.3 Å². The summed E-state index contributed by atoms with van der Waals surface area (Å²) in [4.78, 5) is 44.1. The van der Waals surface area contributed by atoms with Crippen LogP contribution < -0.4 is 10.2 Å². The molecule has 1 N–H and O–H groups in total. The number of rotatable bonds is 1. The molecule has 2 aromatic carbocycles. The molecule has 0 bridgehead atoms. The molecule has 0 saturated carbocycles. The van der Waals surface area contributed by atoms with Crippen molar-refractivity contribution in [2.45, 2.75) is 24.4 Å². The summed E-state index contributed by atoms with van der Waals surface area (Å²) >= 11 is 12.5. The van der Waals surface area contributed by atoms with E-state index in [9.17, 15) is 14.4 Å². The number of hydrogen-bond donors (Lipinski definition) is 1. The number of anilines is 2. The van der Waals surface area contributed by atoms with Crippen LogP contribution in [0, 0.1) is 11.8 Å². The van der Waals surface area contributed by atoms with Crippen LogP contribution in [0.2, 0.25) is 10.0 Å². The molecule has 0 aromatic heterocycles. The summed E-state index contributed by atoms with van der Waals surface area (Å²) < 4.78 is 0. The van der Waals surface area contributed by atoms with Crippen molar-refractivity contribution >= 4 is 52.3 Å². The van der Waals surface area contributed by atoms with Gasteiger partial charge in [-0.15, -0.1) is 0 Å². The molecule has 4 aliphatic heterocycles. The van der Waals surface area contributed by atoms with Crippen molar-refractivity contribution in [3.8, 4) is 0 Å². The van der Waals surface area contributed by atoms with Gasteiger partial charge >= 0.3 is 0 Å². The van der Waals surface area contributed by atoms with E-state index in [1.165, 1.54) is 6.07 Å². The van der Waals surface area contributed by atoms with Crippen LogP contribution in [0.1, 0.15) is 18.4 Å². The van der Waals surface area contributed by atoms with E-state index in [2.05, 4.69) is 10.2 Å². The Labute approximate surface area is 182 Å². The number of nitrogens with zero attached hydrogens (tertiary/aromatic N) is 2. The highest BCUT2D eigenvalue weighted by molar-refractivity contribution is 6.38. The van der Waals surface area contributed by atoms with Crippen LogP contribution in [0.4, 0.5) is 11.4 Å². The molecule has 30 heavy (non-hydrogen) atoms. The van der Waals surface area contributed by atoms with Gasteiger partial charge in [0.15, 0.2) is 0 Å². The van der Waals surface area contributed by atoms with E-state index in [0.717, 1.165) is 23.3 Å². The Kier molecular flexibility index (Phi) is 3.71. The van der Waals surface area contributed by atoms with Gasteiger partial charge in [-0.05, 0) is 43.7 Å². The van der Waals surface area contributed by atoms with Crippen molar-refractivity contribution in [3.05, 3.63) is 58.1 Å². The molecule has 0 aliphatic carbocycles. The Bertz CT molecular complexity index is 1150. The number of carbonyl (C=O) groups excluding carboxylic acids is 3. The molecule has 0 radical (unpaired) electrons. The third-order valence-electron chi connectivity index (χ3n) is 7.05. The number of carbonyl (C=O) groups is 3. The van der Waals surface area contributed by atoms with Crippen molar-refractivity contribution in [1.82, 2.24) is 4.90 Å². The van der Waals surface area contributed by atoms with Gasteiger partial charge in [0.25, 0.3) is 0 Å². The van der Waals surface area contributed by atoms with Crippen molar-refractivity contribution in [2.24, 2.45) is 11.8 Å². The summed E-state index contributed by atoms with van der Waals surface area (Å²) in [6.45, 7) is 0.678.